The van der Waals surface area contributed by atoms with Gasteiger partial charge in [-0.25, -0.2) is 0 Å². The SMILES string of the molecule is CC(C)(O)[C@H](NCCCc1ccc(-c2cccs2)s1)C(N)=O. The van der Waals surface area contributed by atoms with E-state index in [1.54, 1.807) is 36.5 Å². The van der Waals surface area contributed by atoms with E-state index in [2.05, 4.69) is 35.0 Å². The molecule has 120 valence electrons. The maximum absolute atomic E-state index is 11.3. The van der Waals surface area contributed by atoms with Crippen LogP contribution in [-0.4, -0.2) is 29.2 Å². The number of aliphatic hydroxyl groups is 1. The Morgan fingerprint density at radius 1 is 1.36 bits per heavy atom. The number of primary amides is 1. The van der Waals surface area contributed by atoms with Crippen LogP contribution in [0.2, 0.25) is 0 Å². The van der Waals surface area contributed by atoms with Crippen molar-refractivity contribution in [2.45, 2.75) is 38.3 Å². The van der Waals surface area contributed by atoms with E-state index in [0.29, 0.717) is 6.54 Å². The van der Waals surface area contributed by atoms with Crippen molar-refractivity contribution in [2.24, 2.45) is 5.73 Å². The average Bonchev–Trinajstić information content (AvgIpc) is 3.07. The summed E-state index contributed by atoms with van der Waals surface area (Å²) in [4.78, 5) is 15.3. The van der Waals surface area contributed by atoms with Gasteiger partial charge in [0.2, 0.25) is 5.91 Å². The average molecular weight is 338 g/mol. The molecule has 2 rings (SSSR count). The number of carbonyl (C=O) groups excluding carboxylic acids is 1. The molecule has 0 aromatic carbocycles. The maximum Gasteiger partial charge on any atom is 0.237 e. The zero-order valence-corrected chi connectivity index (χ0v) is 14.5. The first-order chi connectivity index (χ1) is 10.4. The number of amides is 1. The van der Waals surface area contributed by atoms with Crippen molar-refractivity contribution in [3.8, 4) is 9.75 Å². The van der Waals surface area contributed by atoms with Crippen LogP contribution in [0.25, 0.3) is 9.75 Å². The first kappa shape index (κ1) is 17.1. The highest BCUT2D eigenvalue weighted by Gasteiger charge is 2.30. The Hall–Kier alpha value is -1.21. The molecule has 4 N–H and O–H groups in total. The van der Waals surface area contributed by atoms with Gasteiger partial charge in [-0.05, 0) is 56.8 Å². The van der Waals surface area contributed by atoms with Crippen molar-refractivity contribution >= 4 is 28.6 Å². The lowest BCUT2D eigenvalue weighted by Crippen LogP contribution is -2.55. The number of nitrogens with two attached hydrogens (primary N) is 1. The molecule has 2 aromatic heterocycles. The second kappa shape index (κ2) is 7.37. The van der Waals surface area contributed by atoms with E-state index in [1.807, 2.05) is 0 Å². The summed E-state index contributed by atoms with van der Waals surface area (Å²) in [5.74, 6) is -0.524. The van der Waals surface area contributed by atoms with Crippen LogP contribution in [0.15, 0.2) is 29.6 Å². The lowest BCUT2D eigenvalue weighted by molar-refractivity contribution is -0.125. The second-order valence-electron chi connectivity index (χ2n) is 5.79. The highest BCUT2D eigenvalue weighted by atomic mass is 32.1. The van der Waals surface area contributed by atoms with E-state index in [9.17, 15) is 9.90 Å². The van der Waals surface area contributed by atoms with Gasteiger partial charge in [-0.2, -0.15) is 0 Å². The van der Waals surface area contributed by atoms with Gasteiger partial charge in [0.05, 0.1) is 5.60 Å². The Bertz CT molecular complexity index is 600. The van der Waals surface area contributed by atoms with Crippen molar-refractivity contribution < 1.29 is 9.90 Å². The molecule has 2 heterocycles. The molecule has 2 aromatic rings. The summed E-state index contributed by atoms with van der Waals surface area (Å²) in [5, 5.41) is 15.0. The normalized spacial score (nSPS) is 13.2. The summed E-state index contributed by atoms with van der Waals surface area (Å²) >= 11 is 3.55. The predicted molar refractivity (Wildman–Crippen MR) is 93.2 cm³/mol. The fraction of sp³-hybridized carbons (Fsp3) is 0.438. The molecule has 0 fully saturated rings. The lowest BCUT2D eigenvalue weighted by Gasteiger charge is -2.27. The van der Waals surface area contributed by atoms with E-state index in [-0.39, 0.29) is 0 Å². The monoisotopic (exact) mass is 338 g/mol. The first-order valence-corrected chi connectivity index (χ1v) is 8.95. The summed E-state index contributed by atoms with van der Waals surface area (Å²) in [6.45, 7) is 3.81. The summed E-state index contributed by atoms with van der Waals surface area (Å²) < 4.78 is 0. The van der Waals surface area contributed by atoms with Crippen LogP contribution in [-0.2, 0) is 11.2 Å². The zero-order valence-electron chi connectivity index (χ0n) is 12.8. The molecule has 0 aliphatic carbocycles. The Morgan fingerprint density at radius 2 is 2.14 bits per heavy atom. The largest absolute Gasteiger partial charge is 0.388 e. The summed E-state index contributed by atoms with van der Waals surface area (Å²) in [6, 6.07) is 7.77. The molecule has 4 nitrogen and oxygen atoms in total. The quantitative estimate of drug-likeness (QED) is 0.648. The molecule has 0 unspecified atom stereocenters. The molecule has 1 atom stereocenters. The molecule has 0 saturated heterocycles. The van der Waals surface area contributed by atoms with Crippen LogP contribution in [0.1, 0.15) is 25.1 Å². The van der Waals surface area contributed by atoms with Crippen molar-refractivity contribution in [2.75, 3.05) is 6.54 Å². The van der Waals surface area contributed by atoms with Crippen LogP contribution in [0, 0.1) is 0 Å². The van der Waals surface area contributed by atoms with Gasteiger partial charge in [0.1, 0.15) is 6.04 Å². The van der Waals surface area contributed by atoms with Gasteiger partial charge in [0, 0.05) is 14.6 Å². The van der Waals surface area contributed by atoms with Gasteiger partial charge in [-0.3, -0.25) is 4.79 Å². The molecule has 1 amide bonds. The smallest absolute Gasteiger partial charge is 0.237 e. The Kier molecular flexibility index (Phi) is 5.74. The van der Waals surface area contributed by atoms with Gasteiger partial charge in [-0.15, -0.1) is 22.7 Å². The zero-order chi connectivity index (χ0) is 16.2. The highest BCUT2D eigenvalue weighted by Crippen LogP contribution is 2.31. The van der Waals surface area contributed by atoms with Crippen LogP contribution >= 0.6 is 22.7 Å². The van der Waals surface area contributed by atoms with Gasteiger partial charge in [0.25, 0.3) is 0 Å². The first-order valence-electron chi connectivity index (χ1n) is 7.25. The van der Waals surface area contributed by atoms with Crippen molar-refractivity contribution in [3.63, 3.8) is 0 Å². The summed E-state index contributed by atoms with van der Waals surface area (Å²) in [7, 11) is 0. The molecule has 0 bridgehead atoms. The Morgan fingerprint density at radius 3 is 2.73 bits per heavy atom. The fourth-order valence-electron chi connectivity index (χ4n) is 2.27. The van der Waals surface area contributed by atoms with E-state index in [4.69, 9.17) is 5.73 Å². The van der Waals surface area contributed by atoms with Gasteiger partial charge in [0.15, 0.2) is 0 Å². The van der Waals surface area contributed by atoms with Gasteiger partial charge in [-0.1, -0.05) is 6.07 Å². The number of rotatable bonds is 8. The molecular formula is C16H22N2O2S2. The molecular weight excluding hydrogens is 316 g/mol. The highest BCUT2D eigenvalue weighted by molar-refractivity contribution is 7.21. The van der Waals surface area contributed by atoms with Crippen molar-refractivity contribution in [1.82, 2.24) is 5.32 Å². The van der Waals surface area contributed by atoms with Crippen LogP contribution < -0.4 is 11.1 Å². The standard InChI is InChI=1S/C16H22N2O2S2/c1-16(2,20)14(15(17)19)18-9-3-5-11-7-8-13(22-11)12-6-4-10-21-12/h4,6-8,10,14,18,20H,3,5,9H2,1-2H3,(H2,17,19)/t14-/m1/s1. The molecule has 22 heavy (non-hydrogen) atoms. The molecule has 0 aliphatic heterocycles. The number of hydrogen-bond acceptors (Lipinski definition) is 5. The maximum atomic E-state index is 11.3. The lowest BCUT2D eigenvalue weighted by atomic mass is 9.98. The van der Waals surface area contributed by atoms with Gasteiger partial charge >= 0.3 is 0 Å². The minimum atomic E-state index is -1.15. The third kappa shape index (κ3) is 4.64. The number of nitrogens with one attached hydrogen (secondary N) is 1. The van der Waals surface area contributed by atoms with E-state index < -0.39 is 17.6 Å². The van der Waals surface area contributed by atoms with E-state index in [1.165, 1.54) is 14.6 Å². The third-order valence-electron chi connectivity index (χ3n) is 3.37. The number of thiophene rings is 2. The predicted octanol–water partition coefficient (Wildman–Crippen LogP) is 2.62. The van der Waals surface area contributed by atoms with Crippen LogP contribution in [0.4, 0.5) is 0 Å². The van der Waals surface area contributed by atoms with Crippen molar-refractivity contribution in [1.29, 1.82) is 0 Å². The summed E-state index contributed by atoms with van der Waals surface area (Å²) in [5.41, 5.74) is 4.16. The minimum Gasteiger partial charge on any atom is -0.388 e. The van der Waals surface area contributed by atoms with Crippen LogP contribution in [0.5, 0.6) is 0 Å². The minimum absolute atomic E-state index is 0.524. The van der Waals surface area contributed by atoms with Crippen LogP contribution in [0.3, 0.4) is 0 Å². The molecule has 0 saturated carbocycles. The van der Waals surface area contributed by atoms with Crippen molar-refractivity contribution in [3.05, 3.63) is 34.5 Å². The molecule has 0 spiro atoms. The number of hydrogen-bond donors (Lipinski definition) is 3. The second-order valence-corrected chi connectivity index (χ2v) is 7.91. The number of aryl methyl sites for hydroxylation is 1. The van der Waals surface area contributed by atoms with E-state index >= 15 is 0 Å². The fourth-order valence-corrected chi connectivity index (χ4v) is 4.16. The molecule has 6 heteroatoms. The van der Waals surface area contributed by atoms with Gasteiger partial charge < -0.3 is 16.2 Å². The Labute approximate surface area is 139 Å². The Balaban J connectivity index is 1.80. The molecule has 0 radical (unpaired) electrons. The third-order valence-corrected chi connectivity index (χ3v) is 5.58. The topological polar surface area (TPSA) is 75.3 Å². The van der Waals surface area contributed by atoms with E-state index in [0.717, 1.165) is 12.8 Å². The summed E-state index contributed by atoms with van der Waals surface area (Å²) in [6.07, 6.45) is 1.84. The molecule has 0 aliphatic rings. The number of carbonyl (C=O) groups is 1.